The lowest BCUT2D eigenvalue weighted by Gasteiger charge is -2.13. The van der Waals surface area contributed by atoms with Crippen LogP contribution < -0.4 is 5.32 Å². The van der Waals surface area contributed by atoms with Gasteiger partial charge < -0.3 is 9.73 Å². The second-order valence-corrected chi connectivity index (χ2v) is 5.39. The summed E-state index contributed by atoms with van der Waals surface area (Å²) in [6.07, 6.45) is 0.645. The molecule has 3 aromatic rings. The zero-order valence-corrected chi connectivity index (χ0v) is 12.3. The van der Waals surface area contributed by atoms with Gasteiger partial charge in [-0.3, -0.25) is 0 Å². The van der Waals surface area contributed by atoms with E-state index in [1.807, 2.05) is 31.3 Å². The zero-order valence-electron chi connectivity index (χ0n) is 11.6. The third kappa shape index (κ3) is 2.94. The van der Waals surface area contributed by atoms with Crippen molar-refractivity contribution in [3.63, 3.8) is 0 Å². The van der Waals surface area contributed by atoms with Gasteiger partial charge in [0, 0.05) is 5.39 Å². The summed E-state index contributed by atoms with van der Waals surface area (Å²) in [6.45, 7) is 0. The number of halogens is 2. The molecule has 1 aromatic heterocycles. The third-order valence-corrected chi connectivity index (χ3v) is 3.83. The van der Waals surface area contributed by atoms with Gasteiger partial charge in [-0.05, 0) is 43.3 Å². The fourth-order valence-corrected chi connectivity index (χ4v) is 2.68. The number of hydrogen-bond donors (Lipinski definition) is 1. The molecule has 0 aliphatic heterocycles. The Kier molecular flexibility index (Phi) is 3.95. The van der Waals surface area contributed by atoms with Crippen molar-refractivity contribution in [2.75, 3.05) is 7.05 Å². The van der Waals surface area contributed by atoms with Gasteiger partial charge in [0.2, 0.25) is 0 Å². The highest BCUT2D eigenvalue weighted by Gasteiger charge is 2.16. The van der Waals surface area contributed by atoms with Gasteiger partial charge in [-0.1, -0.05) is 35.9 Å². The predicted octanol–water partition coefficient (Wildman–Crippen LogP) is 4.73. The summed E-state index contributed by atoms with van der Waals surface area (Å²) >= 11 is 6.14. The van der Waals surface area contributed by atoms with E-state index in [1.165, 1.54) is 6.07 Å². The van der Waals surface area contributed by atoms with Crippen LogP contribution in [0.5, 0.6) is 0 Å². The first-order chi connectivity index (χ1) is 10.2. The Balaban J connectivity index is 1.93. The molecule has 0 bridgehead atoms. The molecule has 1 unspecified atom stereocenters. The average Bonchev–Trinajstić information content (AvgIpc) is 2.90. The Morgan fingerprint density at radius 1 is 1.19 bits per heavy atom. The van der Waals surface area contributed by atoms with E-state index in [-0.39, 0.29) is 11.9 Å². The summed E-state index contributed by atoms with van der Waals surface area (Å²) in [5, 5.41) is 4.77. The molecule has 0 radical (unpaired) electrons. The van der Waals surface area contributed by atoms with Crippen LogP contribution in [0.25, 0.3) is 11.0 Å². The second kappa shape index (κ2) is 5.88. The number of hydrogen-bond acceptors (Lipinski definition) is 2. The highest BCUT2D eigenvalue weighted by atomic mass is 35.5. The Hall–Kier alpha value is -1.84. The Morgan fingerprint density at radius 2 is 2.00 bits per heavy atom. The first-order valence-corrected chi connectivity index (χ1v) is 7.15. The molecule has 1 atom stereocenters. The van der Waals surface area contributed by atoms with E-state index in [4.69, 9.17) is 16.0 Å². The minimum Gasteiger partial charge on any atom is -0.458 e. The SMILES string of the molecule is CNC(Cc1cccc(F)c1)c1cc2cccc(Cl)c2o1. The van der Waals surface area contributed by atoms with E-state index in [1.54, 1.807) is 18.2 Å². The van der Waals surface area contributed by atoms with Crippen LogP contribution in [0.2, 0.25) is 5.02 Å². The molecule has 2 aromatic carbocycles. The molecule has 1 heterocycles. The van der Waals surface area contributed by atoms with Crippen molar-refractivity contribution in [3.8, 4) is 0 Å². The minimum absolute atomic E-state index is 0.0322. The highest BCUT2D eigenvalue weighted by molar-refractivity contribution is 6.34. The van der Waals surface area contributed by atoms with Gasteiger partial charge in [0.15, 0.2) is 5.58 Å². The Labute approximate surface area is 127 Å². The molecule has 1 N–H and O–H groups in total. The molecular weight excluding hydrogens is 289 g/mol. The van der Waals surface area contributed by atoms with Crippen molar-refractivity contribution in [1.82, 2.24) is 5.32 Å². The zero-order chi connectivity index (χ0) is 14.8. The quantitative estimate of drug-likeness (QED) is 0.754. The number of furan rings is 1. The van der Waals surface area contributed by atoms with E-state index in [0.717, 1.165) is 16.7 Å². The summed E-state index contributed by atoms with van der Waals surface area (Å²) < 4.78 is 19.1. The van der Waals surface area contributed by atoms with E-state index in [2.05, 4.69) is 5.32 Å². The number of likely N-dealkylation sites (N-methyl/N-ethyl adjacent to an activating group) is 1. The van der Waals surface area contributed by atoms with E-state index >= 15 is 0 Å². The molecule has 0 aliphatic rings. The van der Waals surface area contributed by atoms with Crippen LogP contribution in [0.15, 0.2) is 52.9 Å². The van der Waals surface area contributed by atoms with Crippen LogP contribution in [0.4, 0.5) is 4.39 Å². The van der Waals surface area contributed by atoms with Crippen LogP contribution in [0, 0.1) is 5.82 Å². The van der Waals surface area contributed by atoms with Gasteiger partial charge in [-0.25, -0.2) is 4.39 Å². The van der Waals surface area contributed by atoms with Crippen molar-refractivity contribution >= 4 is 22.6 Å². The summed E-state index contributed by atoms with van der Waals surface area (Å²) in [7, 11) is 1.86. The summed E-state index contributed by atoms with van der Waals surface area (Å²) in [5.41, 5.74) is 1.61. The van der Waals surface area contributed by atoms with Crippen LogP contribution in [-0.4, -0.2) is 7.05 Å². The van der Waals surface area contributed by atoms with Crippen molar-refractivity contribution in [2.24, 2.45) is 0 Å². The first kappa shape index (κ1) is 14.1. The minimum atomic E-state index is -0.227. The molecule has 0 fully saturated rings. The van der Waals surface area contributed by atoms with Gasteiger partial charge in [0.25, 0.3) is 0 Å². The Morgan fingerprint density at radius 3 is 2.71 bits per heavy atom. The molecule has 2 nitrogen and oxygen atoms in total. The lowest BCUT2D eigenvalue weighted by molar-refractivity contribution is 0.450. The van der Waals surface area contributed by atoms with Crippen molar-refractivity contribution in [1.29, 1.82) is 0 Å². The molecule has 108 valence electrons. The molecular formula is C17H15ClFNO. The topological polar surface area (TPSA) is 25.2 Å². The molecule has 21 heavy (non-hydrogen) atoms. The maximum Gasteiger partial charge on any atom is 0.152 e. The molecule has 0 aliphatic carbocycles. The normalized spacial score (nSPS) is 12.7. The summed E-state index contributed by atoms with van der Waals surface area (Å²) in [5.74, 6) is 0.569. The van der Waals surface area contributed by atoms with Crippen molar-refractivity contribution in [3.05, 3.63) is 70.7 Å². The number of rotatable bonds is 4. The average molecular weight is 304 g/mol. The predicted molar refractivity (Wildman–Crippen MR) is 83.1 cm³/mol. The molecule has 0 spiro atoms. The third-order valence-electron chi connectivity index (χ3n) is 3.54. The van der Waals surface area contributed by atoms with Gasteiger partial charge in [-0.2, -0.15) is 0 Å². The Bertz CT molecular complexity index is 768. The molecule has 0 saturated heterocycles. The lowest BCUT2D eigenvalue weighted by atomic mass is 10.0. The fourth-order valence-electron chi connectivity index (χ4n) is 2.46. The fraction of sp³-hybridized carbons (Fsp3) is 0.176. The van der Waals surface area contributed by atoms with Crippen LogP contribution in [-0.2, 0) is 6.42 Å². The number of fused-ring (bicyclic) bond motifs is 1. The molecule has 0 saturated carbocycles. The van der Waals surface area contributed by atoms with Crippen LogP contribution in [0.1, 0.15) is 17.4 Å². The summed E-state index contributed by atoms with van der Waals surface area (Å²) in [4.78, 5) is 0. The lowest BCUT2D eigenvalue weighted by Crippen LogP contribution is -2.18. The van der Waals surface area contributed by atoms with Crippen molar-refractivity contribution in [2.45, 2.75) is 12.5 Å². The first-order valence-electron chi connectivity index (χ1n) is 6.77. The standard InChI is InChI=1S/C17H15ClFNO/c1-20-15(9-11-4-2-6-13(19)8-11)16-10-12-5-3-7-14(18)17(12)21-16/h2-8,10,15,20H,9H2,1H3. The molecule has 3 rings (SSSR count). The second-order valence-electron chi connectivity index (χ2n) is 4.98. The van der Waals surface area contributed by atoms with E-state index < -0.39 is 0 Å². The highest BCUT2D eigenvalue weighted by Crippen LogP contribution is 2.30. The van der Waals surface area contributed by atoms with Gasteiger partial charge >= 0.3 is 0 Å². The number of benzene rings is 2. The molecule has 0 amide bonds. The summed E-state index contributed by atoms with van der Waals surface area (Å²) in [6, 6.07) is 14.2. The van der Waals surface area contributed by atoms with E-state index in [0.29, 0.717) is 17.0 Å². The number of nitrogens with one attached hydrogen (secondary N) is 1. The van der Waals surface area contributed by atoms with Gasteiger partial charge in [0.05, 0.1) is 11.1 Å². The van der Waals surface area contributed by atoms with Gasteiger partial charge in [0.1, 0.15) is 11.6 Å². The van der Waals surface area contributed by atoms with Crippen molar-refractivity contribution < 1.29 is 8.81 Å². The van der Waals surface area contributed by atoms with Crippen LogP contribution >= 0.6 is 11.6 Å². The maximum atomic E-state index is 13.3. The number of para-hydroxylation sites is 1. The van der Waals surface area contributed by atoms with Crippen LogP contribution in [0.3, 0.4) is 0 Å². The smallest absolute Gasteiger partial charge is 0.152 e. The maximum absolute atomic E-state index is 13.3. The monoisotopic (exact) mass is 303 g/mol. The van der Waals surface area contributed by atoms with E-state index in [9.17, 15) is 4.39 Å². The largest absolute Gasteiger partial charge is 0.458 e. The van der Waals surface area contributed by atoms with Gasteiger partial charge in [-0.15, -0.1) is 0 Å². The molecule has 4 heteroatoms.